The Balaban J connectivity index is 2.24. The van der Waals surface area contributed by atoms with Crippen molar-refractivity contribution in [1.82, 2.24) is 4.90 Å². The van der Waals surface area contributed by atoms with E-state index in [9.17, 15) is 18.0 Å². The van der Waals surface area contributed by atoms with Crippen molar-refractivity contribution in [1.29, 1.82) is 0 Å². The van der Waals surface area contributed by atoms with Gasteiger partial charge in [0, 0.05) is 24.0 Å². The Hall–Kier alpha value is -1.94. The molecule has 6 nitrogen and oxygen atoms in total. The maximum atomic E-state index is 13.7. The molecule has 0 aromatic heterocycles. The van der Waals surface area contributed by atoms with Gasteiger partial charge in [-0.25, -0.2) is 14.8 Å². The Kier molecular flexibility index (Phi) is 4.15. The number of nitrogens with zero attached hydrogens (tertiary/aromatic N) is 4. The summed E-state index contributed by atoms with van der Waals surface area (Å²) in [6.45, 7) is 0. The van der Waals surface area contributed by atoms with E-state index in [4.69, 9.17) is 11.6 Å². The lowest BCUT2D eigenvalue weighted by Gasteiger charge is -2.36. The number of carbonyl (C=O) groups is 1. The molecule has 0 amide bonds. The number of methoxy groups -OCH3 is 1. The van der Waals surface area contributed by atoms with Crippen molar-refractivity contribution in [3.63, 3.8) is 0 Å². The first-order valence-electron chi connectivity index (χ1n) is 6.90. The van der Waals surface area contributed by atoms with Crippen LogP contribution in [0.25, 0.3) is 0 Å². The largest absolute Gasteiger partial charge is 0.465 e. The third-order valence-corrected chi connectivity index (χ3v) is 4.78. The summed E-state index contributed by atoms with van der Waals surface area (Å²) in [5.41, 5.74) is -2.76. The lowest BCUT2D eigenvalue weighted by Crippen LogP contribution is -2.57. The minimum atomic E-state index is -5.06. The van der Waals surface area contributed by atoms with Gasteiger partial charge in [-0.05, 0) is 30.0 Å². The Bertz CT molecular complexity index is 812. The number of rotatable bonds is 1. The Morgan fingerprint density at radius 3 is 2.60 bits per heavy atom. The van der Waals surface area contributed by atoms with Gasteiger partial charge in [0.25, 0.3) is 0 Å². The maximum absolute atomic E-state index is 13.7. The molecule has 0 radical (unpaired) electrons. The van der Waals surface area contributed by atoms with Gasteiger partial charge in [-0.3, -0.25) is 4.90 Å². The molecule has 0 saturated heterocycles. The van der Waals surface area contributed by atoms with E-state index in [1.165, 1.54) is 23.9 Å². The van der Waals surface area contributed by atoms with Crippen molar-refractivity contribution in [2.75, 3.05) is 26.1 Å². The van der Waals surface area contributed by atoms with Crippen LogP contribution in [-0.4, -0.2) is 55.0 Å². The van der Waals surface area contributed by atoms with Crippen LogP contribution in [0.3, 0.4) is 0 Å². The van der Waals surface area contributed by atoms with E-state index in [-0.39, 0.29) is 11.1 Å². The molecule has 2 aliphatic heterocycles. The van der Waals surface area contributed by atoms with Crippen molar-refractivity contribution in [2.45, 2.75) is 16.7 Å². The van der Waals surface area contributed by atoms with Crippen molar-refractivity contribution < 1.29 is 22.7 Å². The minimum absolute atomic E-state index is 0.0290. The zero-order valence-corrected chi connectivity index (χ0v) is 14.8. The third kappa shape index (κ3) is 2.63. The van der Waals surface area contributed by atoms with Crippen LogP contribution in [0.15, 0.2) is 33.1 Å². The molecule has 0 saturated carbocycles. The summed E-state index contributed by atoms with van der Waals surface area (Å²) in [4.78, 5) is 22.7. The topological polar surface area (TPSA) is 57.5 Å². The van der Waals surface area contributed by atoms with Crippen molar-refractivity contribution in [3.05, 3.63) is 23.2 Å². The molecule has 134 valence electrons. The number of fused-ring (bicyclic) bond motifs is 3. The summed E-state index contributed by atoms with van der Waals surface area (Å²) in [7, 11) is 3.92. The molecule has 2 heterocycles. The zero-order chi connectivity index (χ0) is 18.6. The SMILES string of the molecule is COC(=O)[C@]1(C(F)(F)F)N=C2Sc3cc(Cl)ccc3N2C(N(C)C)=N1. The highest BCUT2D eigenvalue weighted by molar-refractivity contribution is 8.15. The van der Waals surface area contributed by atoms with E-state index in [0.717, 1.165) is 18.9 Å². The second kappa shape index (κ2) is 5.80. The molecule has 1 aromatic carbocycles. The van der Waals surface area contributed by atoms with Gasteiger partial charge in [0.05, 0.1) is 12.8 Å². The maximum Gasteiger partial charge on any atom is 0.446 e. The predicted molar refractivity (Wildman–Crippen MR) is 89.1 cm³/mol. The van der Waals surface area contributed by atoms with Gasteiger partial charge in [0.2, 0.25) is 5.96 Å². The highest BCUT2D eigenvalue weighted by atomic mass is 35.5. The lowest BCUT2D eigenvalue weighted by molar-refractivity contribution is -0.201. The van der Waals surface area contributed by atoms with E-state index in [1.807, 2.05) is 0 Å². The molecule has 0 bridgehead atoms. The van der Waals surface area contributed by atoms with Gasteiger partial charge in [-0.1, -0.05) is 11.6 Å². The van der Waals surface area contributed by atoms with E-state index in [0.29, 0.717) is 15.6 Å². The standard InChI is InChI=1S/C14H12ClF3N4O2S/c1-21(2)11-19-13(10(23)24-3,14(16,17)18)20-12-22(11)8-5-4-7(15)6-9(8)25-12/h4-6H,1-3H3/t13-/m1/s1. The van der Waals surface area contributed by atoms with Gasteiger partial charge in [0.1, 0.15) is 0 Å². The Morgan fingerprint density at radius 2 is 2.04 bits per heavy atom. The van der Waals surface area contributed by atoms with Crippen LogP contribution < -0.4 is 4.90 Å². The monoisotopic (exact) mass is 392 g/mol. The molecule has 0 spiro atoms. The fraction of sp³-hybridized carbons (Fsp3) is 0.357. The van der Waals surface area contributed by atoms with Gasteiger partial charge in [-0.2, -0.15) is 13.2 Å². The number of carbonyl (C=O) groups excluding carboxylic acids is 1. The summed E-state index contributed by atoms with van der Waals surface area (Å²) in [6, 6.07) is 4.89. The van der Waals surface area contributed by atoms with Gasteiger partial charge in [-0.15, -0.1) is 0 Å². The first kappa shape index (κ1) is 17.9. The molecular weight excluding hydrogens is 381 g/mol. The van der Waals surface area contributed by atoms with E-state index in [1.54, 1.807) is 18.2 Å². The molecule has 0 N–H and O–H groups in total. The molecule has 1 aromatic rings. The number of alkyl halides is 3. The molecule has 25 heavy (non-hydrogen) atoms. The van der Waals surface area contributed by atoms with Gasteiger partial charge >= 0.3 is 17.8 Å². The zero-order valence-electron chi connectivity index (χ0n) is 13.3. The molecular formula is C14H12ClF3N4O2S. The summed E-state index contributed by atoms with van der Waals surface area (Å²) in [6.07, 6.45) is -5.06. The third-order valence-electron chi connectivity index (χ3n) is 3.54. The molecule has 0 aliphatic carbocycles. The lowest BCUT2D eigenvalue weighted by atomic mass is 10.1. The van der Waals surface area contributed by atoms with Crippen LogP contribution in [0.5, 0.6) is 0 Å². The number of halogens is 4. The number of amidine groups is 1. The molecule has 2 aliphatic rings. The number of anilines is 1. The average Bonchev–Trinajstić information content (AvgIpc) is 2.88. The van der Waals surface area contributed by atoms with Crippen LogP contribution >= 0.6 is 23.4 Å². The molecule has 11 heteroatoms. The highest BCUT2D eigenvalue weighted by Gasteiger charge is 2.65. The predicted octanol–water partition coefficient (Wildman–Crippen LogP) is 2.97. The summed E-state index contributed by atoms with van der Waals surface area (Å²) in [5, 5.41) is 0.406. The number of aliphatic imine (C=N–C) groups is 2. The van der Waals surface area contributed by atoms with Gasteiger partial charge < -0.3 is 9.64 Å². The molecule has 1 atom stereocenters. The minimum Gasteiger partial charge on any atom is -0.465 e. The highest BCUT2D eigenvalue weighted by Crippen LogP contribution is 2.47. The van der Waals surface area contributed by atoms with E-state index < -0.39 is 17.8 Å². The number of hydrogen-bond acceptors (Lipinski definition) is 7. The smallest absolute Gasteiger partial charge is 0.446 e. The second-order valence-electron chi connectivity index (χ2n) is 5.41. The first-order valence-corrected chi connectivity index (χ1v) is 8.10. The Morgan fingerprint density at radius 1 is 1.36 bits per heavy atom. The number of benzene rings is 1. The number of ether oxygens (including phenoxy) is 1. The number of esters is 1. The summed E-state index contributed by atoms with van der Waals surface area (Å²) < 4.78 is 45.6. The van der Waals surface area contributed by atoms with Crippen molar-refractivity contribution in [3.8, 4) is 0 Å². The van der Waals surface area contributed by atoms with Crippen LogP contribution in [0.4, 0.5) is 18.9 Å². The quantitative estimate of drug-likeness (QED) is 0.688. The van der Waals surface area contributed by atoms with Gasteiger partial charge in [0.15, 0.2) is 5.17 Å². The van der Waals surface area contributed by atoms with Crippen LogP contribution in [0.1, 0.15) is 0 Å². The molecule has 0 fully saturated rings. The van der Waals surface area contributed by atoms with Crippen LogP contribution in [0, 0.1) is 0 Å². The Labute approximate surface area is 150 Å². The van der Waals surface area contributed by atoms with E-state index in [2.05, 4.69) is 14.7 Å². The first-order chi connectivity index (χ1) is 11.6. The summed E-state index contributed by atoms with van der Waals surface area (Å²) in [5.74, 6) is -1.68. The molecule has 3 rings (SSSR count). The fourth-order valence-electron chi connectivity index (χ4n) is 2.40. The van der Waals surface area contributed by atoms with Crippen LogP contribution in [0.2, 0.25) is 5.02 Å². The fourth-order valence-corrected chi connectivity index (χ4v) is 3.73. The normalized spacial score (nSPS) is 22.0. The summed E-state index contributed by atoms with van der Waals surface area (Å²) >= 11 is 6.93. The van der Waals surface area contributed by atoms with Crippen molar-refractivity contribution >= 4 is 46.1 Å². The van der Waals surface area contributed by atoms with E-state index >= 15 is 0 Å². The van der Waals surface area contributed by atoms with Crippen molar-refractivity contribution in [2.24, 2.45) is 9.98 Å². The van der Waals surface area contributed by atoms with Crippen LogP contribution in [-0.2, 0) is 9.53 Å². The number of hydrogen-bond donors (Lipinski definition) is 0. The molecule has 0 unspecified atom stereocenters. The number of thioether (sulfide) groups is 1. The number of guanidine groups is 1. The average molecular weight is 393 g/mol. The second-order valence-corrected chi connectivity index (χ2v) is 6.86.